The third-order valence-corrected chi connectivity index (χ3v) is 4.51. The first-order valence-electron chi connectivity index (χ1n) is 6.82. The predicted molar refractivity (Wildman–Crippen MR) is 78.3 cm³/mol. The second kappa shape index (κ2) is 9.79. The van der Waals surface area contributed by atoms with Crippen LogP contribution in [-0.4, -0.2) is 23.6 Å². The van der Waals surface area contributed by atoms with E-state index in [-0.39, 0.29) is 5.54 Å². The number of hydrogen-bond donors (Lipinski definition) is 1. The van der Waals surface area contributed by atoms with E-state index in [4.69, 9.17) is 5.26 Å². The van der Waals surface area contributed by atoms with E-state index in [2.05, 4.69) is 43.9 Å². The highest BCUT2D eigenvalue weighted by Crippen LogP contribution is 2.16. The number of rotatable bonds is 10. The summed E-state index contributed by atoms with van der Waals surface area (Å²) < 4.78 is 0. The number of nitrogens with one attached hydrogen (secondary N) is 1. The predicted octanol–water partition coefficient (Wildman–Crippen LogP) is 3.83. The Balaban J connectivity index is 3.53. The summed E-state index contributed by atoms with van der Waals surface area (Å²) in [6, 6.07) is 2.38. The molecule has 2 atom stereocenters. The van der Waals surface area contributed by atoms with Gasteiger partial charge < -0.3 is 0 Å². The molecule has 0 aromatic heterocycles. The average molecular weight is 256 g/mol. The zero-order valence-corrected chi connectivity index (χ0v) is 12.7. The first kappa shape index (κ1) is 16.8. The van der Waals surface area contributed by atoms with Crippen molar-refractivity contribution in [2.75, 3.05) is 18.1 Å². The third kappa shape index (κ3) is 8.51. The van der Waals surface area contributed by atoms with Crippen LogP contribution in [-0.2, 0) is 0 Å². The molecule has 0 aromatic rings. The van der Waals surface area contributed by atoms with Crippen molar-refractivity contribution in [3.05, 3.63) is 0 Å². The molecule has 0 radical (unpaired) electrons. The molecule has 0 aliphatic rings. The fourth-order valence-electron chi connectivity index (χ4n) is 1.66. The Labute approximate surface area is 112 Å². The van der Waals surface area contributed by atoms with Crippen LogP contribution in [0.4, 0.5) is 0 Å². The van der Waals surface area contributed by atoms with Gasteiger partial charge in [0, 0.05) is 0 Å². The van der Waals surface area contributed by atoms with Crippen molar-refractivity contribution < 1.29 is 0 Å². The average Bonchev–Trinajstić information content (AvgIpc) is 2.33. The summed E-state index contributed by atoms with van der Waals surface area (Å²) in [4.78, 5) is 0. The number of nitriles is 1. The fraction of sp³-hybridized carbons (Fsp3) is 0.929. The topological polar surface area (TPSA) is 35.8 Å². The van der Waals surface area contributed by atoms with Gasteiger partial charge in [0.2, 0.25) is 0 Å². The van der Waals surface area contributed by atoms with Gasteiger partial charge >= 0.3 is 0 Å². The monoisotopic (exact) mass is 256 g/mol. The summed E-state index contributed by atoms with van der Waals surface area (Å²) in [7, 11) is 0. The van der Waals surface area contributed by atoms with E-state index in [1.807, 2.05) is 6.92 Å². The highest BCUT2D eigenvalue weighted by atomic mass is 32.2. The van der Waals surface area contributed by atoms with Gasteiger partial charge in [-0.25, -0.2) is 0 Å². The van der Waals surface area contributed by atoms with Crippen LogP contribution >= 0.6 is 11.8 Å². The molecule has 0 heterocycles. The number of nitrogens with zero attached hydrogens (tertiary/aromatic N) is 1. The van der Waals surface area contributed by atoms with E-state index in [0.29, 0.717) is 0 Å². The van der Waals surface area contributed by atoms with Crippen LogP contribution in [0.25, 0.3) is 0 Å². The van der Waals surface area contributed by atoms with Gasteiger partial charge in [0.1, 0.15) is 5.54 Å². The van der Waals surface area contributed by atoms with Crippen LogP contribution in [0.2, 0.25) is 0 Å². The lowest BCUT2D eigenvalue weighted by molar-refractivity contribution is 0.415. The molecule has 0 aliphatic carbocycles. The van der Waals surface area contributed by atoms with E-state index in [1.165, 1.54) is 24.3 Å². The molecular formula is C14H28N2S. The van der Waals surface area contributed by atoms with Gasteiger partial charge in [0.05, 0.1) is 6.07 Å². The van der Waals surface area contributed by atoms with Gasteiger partial charge in [-0.3, -0.25) is 5.32 Å². The minimum atomic E-state index is -0.323. The molecule has 2 unspecified atom stereocenters. The van der Waals surface area contributed by atoms with Gasteiger partial charge in [0.25, 0.3) is 0 Å². The van der Waals surface area contributed by atoms with Crippen LogP contribution in [0.1, 0.15) is 53.4 Å². The van der Waals surface area contributed by atoms with Gasteiger partial charge in [-0.05, 0) is 50.2 Å². The van der Waals surface area contributed by atoms with Crippen LogP contribution < -0.4 is 5.32 Å². The standard InChI is InChI=1S/C14H28N2S/c1-5-13(3)11-17-10-8-7-9-14(4,12-15)16-6-2/h13,16H,5-11H2,1-4H3. The fourth-order valence-corrected chi connectivity index (χ4v) is 2.87. The minimum absolute atomic E-state index is 0.323. The molecule has 0 bridgehead atoms. The van der Waals surface area contributed by atoms with Crippen LogP contribution in [0.5, 0.6) is 0 Å². The maximum atomic E-state index is 9.11. The highest BCUT2D eigenvalue weighted by molar-refractivity contribution is 7.99. The summed E-state index contributed by atoms with van der Waals surface area (Å²) in [5.41, 5.74) is -0.323. The van der Waals surface area contributed by atoms with Crippen molar-refractivity contribution in [2.45, 2.75) is 58.9 Å². The van der Waals surface area contributed by atoms with Crippen molar-refractivity contribution in [3.8, 4) is 6.07 Å². The largest absolute Gasteiger partial charge is 0.300 e. The molecule has 0 rings (SSSR count). The van der Waals surface area contributed by atoms with E-state index in [9.17, 15) is 0 Å². The Morgan fingerprint density at radius 1 is 1.35 bits per heavy atom. The molecular weight excluding hydrogens is 228 g/mol. The zero-order chi connectivity index (χ0) is 13.1. The first-order valence-corrected chi connectivity index (χ1v) is 7.97. The van der Waals surface area contributed by atoms with Crippen molar-refractivity contribution in [3.63, 3.8) is 0 Å². The molecule has 3 heteroatoms. The number of hydrogen-bond acceptors (Lipinski definition) is 3. The van der Waals surface area contributed by atoms with Crippen LogP contribution in [0.3, 0.4) is 0 Å². The quantitative estimate of drug-likeness (QED) is 0.603. The summed E-state index contributed by atoms with van der Waals surface area (Å²) in [6.45, 7) is 9.48. The molecule has 0 saturated heterocycles. The van der Waals surface area contributed by atoms with Gasteiger partial charge in [-0.1, -0.05) is 27.2 Å². The second-order valence-corrected chi connectivity index (χ2v) is 6.17. The first-order chi connectivity index (χ1) is 8.08. The van der Waals surface area contributed by atoms with Gasteiger partial charge in [-0.15, -0.1) is 0 Å². The molecule has 0 aromatic carbocycles. The summed E-state index contributed by atoms with van der Waals surface area (Å²) in [5, 5.41) is 12.4. The van der Waals surface area contributed by atoms with E-state index < -0.39 is 0 Å². The molecule has 0 saturated carbocycles. The van der Waals surface area contributed by atoms with Crippen molar-refractivity contribution in [1.29, 1.82) is 5.26 Å². The lowest BCUT2D eigenvalue weighted by atomic mass is 9.97. The Hall–Kier alpha value is -0.200. The van der Waals surface area contributed by atoms with E-state index in [0.717, 1.165) is 25.3 Å². The molecule has 2 nitrogen and oxygen atoms in total. The highest BCUT2D eigenvalue weighted by Gasteiger charge is 2.20. The Morgan fingerprint density at radius 3 is 2.59 bits per heavy atom. The Bertz CT molecular complexity index is 225. The molecule has 0 aliphatic heterocycles. The van der Waals surface area contributed by atoms with Gasteiger partial charge in [-0.2, -0.15) is 17.0 Å². The molecule has 0 amide bonds. The van der Waals surface area contributed by atoms with Crippen LogP contribution in [0, 0.1) is 17.2 Å². The SMILES string of the molecule is CCNC(C)(C#N)CCCCSCC(C)CC. The molecule has 17 heavy (non-hydrogen) atoms. The van der Waals surface area contributed by atoms with Crippen molar-refractivity contribution >= 4 is 11.8 Å². The molecule has 100 valence electrons. The smallest absolute Gasteiger partial charge is 0.103 e. The van der Waals surface area contributed by atoms with Gasteiger partial charge in [0.15, 0.2) is 0 Å². The number of thioether (sulfide) groups is 1. The van der Waals surface area contributed by atoms with Crippen molar-refractivity contribution in [1.82, 2.24) is 5.32 Å². The van der Waals surface area contributed by atoms with Crippen LogP contribution in [0.15, 0.2) is 0 Å². The molecule has 0 spiro atoms. The number of unbranched alkanes of at least 4 members (excludes halogenated alkanes) is 1. The lowest BCUT2D eigenvalue weighted by Crippen LogP contribution is -2.40. The van der Waals surface area contributed by atoms with E-state index >= 15 is 0 Å². The maximum absolute atomic E-state index is 9.11. The summed E-state index contributed by atoms with van der Waals surface area (Å²) in [6.07, 6.45) is 4.61. The summed E-state index contributed by atoms with van der Waals surface area (Å²) >= 11 is 2.05. The maximum Gasteiger partial charge on any atom is 0.103 e. The molecule has 1 N–H and O–H groups in total. The zero-order valence-electron chi connectivity index (χ0n) is 11.9. The normalized spacial score (nSPS) is 16.2. The Kier molecular flexibility index (Phi) is 9.68. The van der Waals surface area contributed by atoms with Crippen molar-refractivity contribution in [2.24, 2.45) is 5.92 Å². The molecule has 0 fully saturated rings. The second-order valence-electron chi connectivity index (χ2n) is 5.02. The lowest BCUT2D eigenvalue weighted by Gasteiger charge is -2.22. The minimum Gasteiger partial charge on any atom is -0.300 e. The Morgan fingerprint density at radius 2 is 2.06 bits per heavy atom. The third-order valence-electron chi connectivity index (χ3n) is 3.13. The van der Waals surface area contributed by atoms with E-state index in [1.54, 1.807) is 0 Å². The summed E-state index contributed by atoms with van der Waals surface area (Å²) in [5.74, 6) is 3.35.